The van der Waals surface area contributed by atoms with Crippen molar-refractivity contribution < 1.29 is 14.6 Å². The fraction of sp³-hybridized carbons (Fsp3) is 0.519. The summed E-state index contributed by atoms with van der Waals surface area (Å²) < 4.78 is 6.35. The summed E-state index contributed by atoms with van der Waals surface area (Å²) in [5, 5.41) is 12.9. The number of hydrogen-bond acceptors (Lipinski definition) is 3. The predicted molar refractivity (Wildman–Crippen MR) is 128 cm³/mol. The average molecular weight is 426 g/mol. The van der Waals surface area contributed by atoms with Crippen molar-refractivity contribution in [1.29, 1.82) is 0 Å². The zero-order chi connectivity index (χ0) is 23.6. The highest BCUT2D eigenvalue weighted by atomic mass is 16.5. The van der Waals surface area contributed by atoms with Crippen LogP contribution in [0.25, 0.3) is 0 Å². The van der Waals surface area contributed by atoms with Crippen molar-refractivity contribution in [2.45, 2.75) is 91.5 Å². The second kappa shape index (κ2) is 8.94. The molecular weight excluding hydrogens is 386 g/mol. The van der Waals surface area contributed by atoms with Gasteiger partial charge in [-0.1, -0.05) is 53.7 Å². The van der Waals surface area contributed by atoms with E-state index in [1.807, 2.05) is 26.8 Å². The van der Waals surface area contributed by atoms with Gasteiger partial charge >= 0.3 is 0 Å². The lowest BCUT2D eigenvalue weighted by Gasteiger charge is -2.30. The Kier molecular flexibility index (Phi) is 7.14. The SMILES string of the molecule is CCC(C)(C)c1ccc(Oc2ccc(O)cc2C(=O)NC(C)(C)C)c(C(C)(C)CC)c1. The number of phenols is 1. The van der Waals surface area contributed by atoms with Crippen molar-refractivity contribution in [3.05, 3.63) is 53.1 Å². The number of carbonyl (C=O) groups excluding carboxylic acids is 1. The average Bonchev–Trinajstić information content (AvgIpc) is 2.68. The molecule has 2 rings (SSSR count). The number of hydrogen-bond donors (Lipinski definition) is 2. The minimum atomic E-state index is -0.400. The van der Waals surface area contributed by atoms with Crippen LogP contribution >= 0.6 is 0 Å². The van der Waals surface area contributed by atoms with Gasteiger partial charge in [0.15, 0.2) is 0 Å². The number of ether oxygens (including phenoxy) is 1. The van der Waals surface area contributed by atoms with E-state index >= 15 is 0 Å². The molecule has 0 saturated heterocycles. The van der Waals surface area contributed by atoms with Gasteiger partial charge < -0.3 is 15.2 Å². The molecule has 4 heteroatoms. The first-order chi connectivity index (χ1) is 14.2. The molecule has 0 aliphatic rings. The summed E-state index contributed by atoms with van der Waals surface area (Å²) in [5.74, 6) is 0.909. The highest BCUT2D eigenvalue weighted by Gasteiger charge is 2.28. The Morgan fingerprint density at radius 2 is 1.45 bits per heavy atom. The quantitative estimate of drug-likeness (QED) is 0.498. The number of carbonyl (C=O) groups is 1. The van der Waals surface area contributed by atoms with Crippen LogP contribution in [-0.4, -0.2) is 16.6 Å². The highest BCUT2D eigenvalue weighted by Crippen LogP contribution is 2.41. The standard InChI is InChI=1S/C27H39NO3/c1-10-26(6,7)18-12-14-23(21(16-18)27(8,9)11-2)31-22-15-13-19(29)17-20(22)24(30)28-25(3,4)5/h12-17,29H,10-11H2,1-9H3,(H,28,30). The van der Waals surface area contributed by atoms with E-state index in [-0.39, 0.29) is 22.5 Å². The molecule has 2 N–H and O–H groups in total. The van der Waals surface area contributed by atoms with Crippen LogP contribution < -0.4 is 10.1 Å². The molecule has 2 aromatic rings. The van der Waals surface area contributed by atoms with Crippen LogP contribution in [-0.2, 0) is 10.8 Å². The van der Waals surface area contributed by atoms with E-state index < -0.39 is 5.54 Å². The first-order valence-corrected chi connectivity index (χ1v) is 11.2. The third-order valence-electron chi connectivity index (χ3n) is 6.17. The number of nitrogens with one attached hydrogen (secondary N) is 1. The Balaban J connectivity index is 2.57. The van der Waals surface area contributed by atoms with Crippen molar-refractivity contribution in [2.24, 2.45) is 0 Å². The molecule has 0 atom stereocenters. The number of benzene rings is 2. The normalized spacial score (nSPS) is 12.5. The molecule has 0 aliphatic carbocycles. The van der Waals surface area contributed by atoms with E-state index in [0.29, 0.717) is 11.3 Å². The van der Waals surface area contributed by atoms with Gasteiger partial charge in [-0.2, -0.15) is 0 Å². The van der Waals surface area contributed by atoms with Crippen LogP contribution in [0.3, 0.4) is 0 Å². The summed E-state index contributed by atoms with van der Waals surface area (Å²) in [5.41, 5.74) is 2.27. The summed E-state index contributed by atoms with van der Waals surface area (Å²) in [6, 6.07) is 11.0. The minimum Gasteiger partial charge on any atom is -0.508 e. The Morgan fingerprint density at radius 3 is 2.00 bits per heavy atom. The van der Waals surface area contributed by atoms with Gasteiger partial charge in [0.2, 0.25) is 0 Å². The van der Waals surface area contributed by atoms with Crippen molar-refractivity contribution >= 4 is 5.91 Å². The van der Waals surface area contributed by atoms with E-state index in [1.54, 1.807) is 12.1 Å². The molecule has 170 valence electrons. The molecular formula is C27H39NO3. The van der Waals surface area contributed by atoms with Crippen LogP contribution in [0, 0.1) is 0 Å². The molecule has 31 heavy (non-hydrogen) atoms. The first kappa shape index (κ1) is 24.8. The Hall–Kier alpha value is -2.49. The smallest absolute Gasteiger partial charge is 0.255 e. The summed E-state index contributed by atoms with van der Waals surface area (Å²) >= 11 is 0. The second-order valence-electron chi connectivity index (χ2n) is 10.7. The molecule has 0 saturated carbocycles. The van der Waals surface area contributed by atoms with Crippen LogP contribution in [0.5, 0.6) is 17.2 Å². The van der Waals surface area contributed by atoms with Gasteiger partial charge in [0, 0.05) is 11.1 Å². The molecule has 1 amide bonds. The molecule has 0 spiro atoms. The van der Waals surface area contributed by atoms with Gasteiger partial charge in [0.1, 0.15) is 17.2 Å². The van der Waals surface area contributed by atoms with Crippen LogP contribution in [0.4, 0.5) is 0 Å². The fourth-order valence-corrected chi connectivity index (χ4v) is 3.27. The van der Waals surface area contributed by atoms with Crippen LogP contribution in [0.2, 0.25) is 0 Å². The Bertz CT molecular complexity index is 936. The third-order valence-corrected chi connectivity index (χ3v) is 6.17. The van der Waals surface area contributed by atoms with Crippen molar-refractivity contribution in [1.82, 2.24) is 5.32 Å². The molecule has 0 unspecified atom stereocenters. The highest BCUT2D eigenvalue weighted by molar-refractivity contribution is 5.97. The van der Waals surface area contributed by atoms with Crippen LogP contribution in [0.15, 0.2) is 36.4 Å². The summed E-state index contributed by atoms with van der Waals surface area (Å²) in [7, 11) is 0. The molecule has 0 heterocycles. The van der Waals surface area contributed by atoms with E-state index in [9.17, 15) is 9.90 Å². The predicted octanol–water partition coefficient (Wildman–Crippen LogP) is 7.09. The lowest BCUT2D eigenvalue weighted by molar-refractivity contribution is 0.0916. The zero-order valence-electron chi connectivity index (χ0n) is 20.6. The van der Waals surface area contributed by atoms with Gasteiger partial charge in [-0.05, 0) is 74.3 Å². The summed E-state index contributed by atoms with van der Waals surface area (Å²) in [6.45, 7) is 19.1. The topological polar surface area (TPSA) is 58.6 Å². The third kappa shape index (κ3) is 6.03. The number of phenolic OH excluding ortho intramolecular Hbond substituents is 1. The molecule has 2 aromatic carbocycles. The fourth-order valence-electron chi connectivity index (χ4n) is 3.27. The molecule has 0 radical (unpaired) electrons. The van der Waals surface area contributed by atoms with E-state index in [0.717, 1.165) is 24.2 Å². The van der Waals surface area contributed by atoms with E-state index in [1.165, 1.54) is 11.6 Å². The monoisotopic (exact) mass is 425 g/mol. The first-order valence-electron chi connectivity index (χ1n) is 11.2. The van der Waals surface area contributed by atoms with Gasteiger partial charge in [-0.15, -0.1) is 0 Å². The summed E-state index contributed by atoms with van der Waals surface area (Å²) in [6.07, 6.45) is 1.99. The molecule has 0 aromatic heterocycles. The lowest BCUT2D eigenvalue weighted by Crippen LogP contribution is -2.40. The Labute approximate surface area is 188 Å². The number of rotatable bonds is 7. The van der Waals surface area contributed by atoms with Gasteiger partial charge in [-0.25, -0.2) is 0 Å². The van der Waals surface area contributed by atoms with Crippen molar-refractivity contribution in [3.8, 4) is 17.2 Å². The van der Waals surface area contributed by atoms with Crippen molar-refractivity contribution in [2.75, 3.05) is 0 Å². The maximum absolute atomic E-state index is 12.9. The zero-order valence-corrected chi connectivity index (χ0v) is 20.6. The van der Waals surface area contributed by atoms with Gasteiger partial charge in [-0.3, -0.25) is 4.79 Å². The molecule has 0 bridgehead atoms. The van der Waals surface area contributed by atoms with Crippen molar-refractivity contribution in [3.63, 3.8) is 0 Å². The Morgan fingerprint density at radius 1 is 0.871 bits per heavy atom. The summed E-state index contributed by atoms with van der Waals surface area (Å²) in [4.78, 5) is 12.9. The lowest BCUT2D eigenvalue weighted by atomic mass is 9.76. The minimum absolute atomic E-state index is 0.0283. The van der Waals surface area contributed by atoms with E-state index in [2.05, 4.69) is 59.0 Å². The maximum Gasteiger partial charge on any atom is 0.255 e. The second-order valence-corrected chi connectivity index (χ2v) is 10.7. The molecule has 0 aliphatic heterocycles. The number of aromatic hydroxyl groups is 1. The number of amides is 1. The largest absolute Gasteiger partial charge is 0.508 e. The maximum atomic E-state index is 12.9. The van der Waals surface area contributed by atoms with E-state index in [4.69, 9.17) is 4.74 Å². The van der Waals surface area contributed by atoms with Gasteiger partial charge in [0.25, 0.3) is 5.91 Å². The van der Waals surface area contributed by atoms with Gasteiger partial charge in [0.05, 0.1) is 5.56 Å². The van der Waals surface area contributed by atoms with Crippen LogP contribution in [0.1, 0.15) is 96.6 Å². The molecule has 4 nitrogen and oxygen atoms in total. The molecule has 0 fully saturated rings.